The summed E-state index contributed by atoms with van der Waals surface area (Å²) in [5.74, 6) is 0.914. The van der Waals surface area contributed by atoms with E-state index in [-0.39, 0.29) is 24.0 Å². The van der Waals surface area contributed by atoms with Crippen molar-refractivity contribution in [2.75, 3.05) is 40.0 Å². The fourth-order valence-electron chi connectivity index (χ4n) is 4.37. The van der Waals surface area contributed by atoms with Crippen molar-refractivity contribution in [3.63, 3.8) is 0 Å². The minimum absolute atomic E-state index is 0. The van der Waals surface area contributed by atoms with E-state index in [1.807, 2.05) is 7.05 Å². The van der Waals surface area contributed by atoms with Crippen LogP contribution in [0, 0.1) is 5.41 Å². The van der Waals surface area contributed by atoms with E-state index >= 15 is 0 Å². The summed E-state index contributed by atoms with van der Waals surface area (Å²) < 4.78 is 17.2. The number of rotatable bonds is 8. The highest BCUT2D eigenvalue weighted by Gasteiger charge is 2.59. The molecule has 0 aromatic rings. The number of hydrogen-bond donors (Lipinski definition) is 2. The molecule has 152 valence electrons. The number of halogens is 1. The van der Waals surface area contributed by atoms with Crippen molar-refractivity contribution in [1.29, 1.82) is 0 Å². The smallest absolute Gasteiger partial charge is 0.191 e. The van der Waals surface area contributed by atoms with Crippen LogP contribution in [0.15, 0.2) is 4.99 Å². The summed E-state index contributed by atoms with van der Waals surface area (Å²) in [5, 5.41) is 7.06. The molecule has 2 aliphatic carbocycles. The summed E-state index contributed by atoms with van der Waals surface area (Å²) in [7, 11) is 1.85. The maximum Gasteiger partial charge on any atom is 0.191 e. The minimum atomic E-state index is 0. The van der Waals surface area contributed by atoms with Gasteiger partial charge >= 0.3 is 0 Å². The van der Waals surface area contributed by atoms with Crippen molar-refractivity contribution in [1.82, 2.24) is 10.6 Å². The van der Waals surface area contributed by atoms with E-state index in [9.17, 15) is 0 Å². The minimum Gasteiger partial charge on any atom is -0.381 e. The molecule has 2 N–H and O–H groups in total. The van der Waals surface area contributed by atoms with E-state index in [1.165, 1.54) is 19.3 Å². The molecule has 1 spiro atoms. The van der Waals surface area contributed by atoms with Gasteiger partial charge in [-0.3, -0.25) is 4.99 Å². The third-order valence-electron chi connectivity index (χ3n) is 6.11. The SMILES string of the molecule is CCOC1CC(NC(=NC)NCCCOC2CCOCC2)C12CCC2.I. The molecular formula is C19H36IN3O3. The summed E-state index contributed by atoms with van der Waals surface area (Å²) in [6.07, 6.45) is 8.87. The monoisotopic (exact) mass is 481 g/mol. The predicted molar refractivity (Wildman–Crippen MR) is 114 cm³/mol. The third kappa shape index (κ3) is 5.23. The van der Waals surface area contributed by atoms with Crippen molar-refractivity contribution in [3.8, 4) is 0 Å². The number of nitrogens with one attached hydrogen (secondary N) is 2. The van der Waals surface area contributed by atoms with E-state index in [4.69, 9.17) is 14.2 Å². The van der Waals surface area contributed by atoms with Crippen LogP contribution in [0.2, 0.25) is 0 Å². The first-order valence-electron chi connectivity index (χ1n) is 10.1. The van der Waals surface area contributed by atoms with Gasteiger partial charge in [0.05, 0.1) is 12.2 Å². The summed E-state index contributed by atoms with van der Waals surface area (Å²) in [5.41, 5.74) is 0.361. The molecule has 26 heavy (non-hydrogen) atoms. The zero-order valence-corrected chi connectivity index (χ0v) is 18.6. The molecule has 0 radical (unpaired) electrons. The van der Waals surface area contributed by atoms with Crippen molar-refractivity contribution in [2.24, 2.45) is 10.4 Å². The van der Waals surface area contributed by atoms with Gasteiger partial charge in [-0.25, -0.2) is 0 Å². The molecule has 3 rings (SSSR count). The molecule has 3 aliphatic rings. The number of ether oxygens (including phenoxy) is 3. The summed E-state index contributed by atoms with van der Waals surface area (Å²) >= 11 is 0. The molecule has 1 saturated heterocycles. The second-order valence-corrected chi connectivity index (χ2v) is 7.50. The molecule has 3 fully saturated rings. The lowest BCUT2D eigenvalue weighted by molar-refractivity contribution is -0.168. The molecule has 2 atom stereocenters. The fraction of sp³-hybridized carbons (Fsp3) is 0.947. The van der Waals surface area contributed by atoms with Crippen molar-refractivity contribution < 1.29 is 14.2 Å². The zero-order valence-electron chi connectivity index (χ0n) is 16.3. The number of guanidine groups is 1. The molecule has 0 aromatic heterocycles. The summed E-state index contributed by atoms with van der Waals surface area (Å²) in [6, 6.07) is 0.502. The van der Waals surface area contributed by atoms with Gasteiger partial charge < -0.3 is 24.8 Å². The Hall–Kier alpha value is -0.120. The van der Waals surface area contributed by atoms with Gasteiger partial charge in [-0.1, -0.05) is 6.42 Å². The standard InChI is InChI=1S/C19H35N3O3.HI/c1-3-24-17-14-16(19(17)8-4-9-19)22-18(20-2)21-10-5-11-25-15-6-12-23-13-7-15;/h15-17H,3-14H2,1-2H3,(H2,20,21,22);1H. The van der Waals surface area contributed by atoms with Crippen LogP contribution >= 0.6 is 24.0 Å². The average Bonchev–Trinajstić information content (AvgIpc) is 2.58. The van der Waals surface area contributed by atoms with Crippen molar-refractivity contribution in [3.05, 3.63) is 0 Å². The first-order chi connectivity index (χ1) is 12.3. The molecule has 0 amide bonds. The lowest BCUT2D eigenvalue weighted by atomic mass is 9.51. The van der Waals surface area contributed by atoms with Gasteiger partial charge in [0.15, 0.2) is 5.96 Å². The maximum absolute atomic E-state index is 5.93. The van der Waals surface area contributed by atoms with Crippen LogP contribution in [0.3, 0.4) is 0 Å². The van der Waals surface area contributed by atoms with Crippen LogP contribution < -0.4 is 10.6 Å². The molecule has 2 unspecified atom stereocenters. The Bertz CT molecular complexity index is 440. The molecule has 6 nitrogen and oxygen atoms in total. The van der Waals surface area contributed by atoms with Gasteiger partial charge in [0.1, 0.15) is 0 Å². The average molecular weight is 481 g/mol. The van der Waals surface area contributed by atoms with E-state index in [2.05, 4.69) is 22.5 Å². The molecule has 0 bridgehead atoms. The largest absolute Gasteiger partial charge is 0.381 e. The van der Waals surface area contributed by atoms with Crippen LogP contribution in [0.1, 0.15) is 51.9 Å². The number of hydrogen-bond acceptors (Lipinski definition) is 4. The summed E-state index contributed by atoms with van der Waals surface area (Å²) in [6.45, 7) is 6.28. The Kier molecular flexibility index (Phi) is 9.40. The highest BCUT2D eigenvalue weighted by molar-refractivity contribution is 14.0. The van der Waals surface area contributed by atoms with Crippen LogP contribution in [0.5, 0.6) is 0 Å². The third-order valence-corrected chi connectivity index (χ3v) is 6.11. The molecule has 0 aromatic carbocycles. The van der Waals surface area contributed by atoms with Gasteiger partial charge in [0, 0.05) is 51.5 Å². The Balaban J connectivity index is 0.00000243. The van der Waals surface area contributed by atoms with Crippen LogP contribution in [-0.4, -0.2) is 64.2 Å². The van der Waals surface area contributed by atoms with E-state index in [1.54, 1.807) is 0 Å². The quantitative estimate of drug-likeness (QED) is 0.242. The second-order valence-electron chi connectivity index (χ2n) is 7.50. The van der Waals surface area contributed by atoms with Crippen molar-refractivity contribution >= 4 is 29.9 Å². The molecule has 2 saturated carbocycles. The Morgan fingerprint density at radius 2 is 2.00 bits per heavy atom. The topological polar surface area (TPSA) is 64.1 Å². The molecule has 1 aliphatic heterocycles. The van der Waals surface area contributed by atoms with Gasteiger partial charge in [0.25, 0.3) is 0 Å². The van der Waals surface area contributed by atoms with E-state index < -0.39 is 0 Å². The van der Waals surface area contributed by atoms with E-state index in [0.29, 0.717) is 23.7 Å². The van der Waals surface area contributed by atoms with Crippen LogP contribution in [0.25, 0.3) is 0 Å². The predicted octanol–water partition coefficient (Wildman–Crippen LogP) is 2.70. The molecule has 1 heterocycles. The van der Waals surface area contributed by atoms with Gasteiger partial charge in [-0.05, 0) is 45.4 Å². The zero-order chi connectivity index (χ0) is 17.5. The highest BCUT2D eigenvalue weighted by Crippen LogP contribution is 2.57. The first-order valence-corrected chi connectivity index (χ1v) is 10.1. The van der Waals surface area contributed by atoms with E-state index in [0.717, 1.165) is 64.6 Å². The fourth-order valence-corrected chi connectivity index (χ4v) is 4.37. The Morgan fingerprint density at radius 1 is 1.23 bits per heavy atom. The lowest BCUT2D eigenvalue weighted by Gasteiger charge is -2.61. The number of nitrogens with zero attached hydrogens (tertiary/aromatic N) is 1. The lowest BCUT2D eigenvalue weighted by Crippen LogP contribution is -2.68. The normalized spacial score (nSPS) is 28.0. The number of aliphatic imine (C=N–C) groups is 1. The first kappa shape index (κ1) is 22.2. The van der Waals surface area contributed by atoms with Gasteiger partial charge in [-0.2, -0.15) is 0 Å². The van der Waals surface area contributed by atoms with Gasteiger partial charge in [0.2, 0.25) is 0 Å². The van der Waals surface area contributed by atoms with Crippen LogP contribution in [0.4, 0.5) is 0 Å². The Morgan fingerprint density at radius 3 is 2.62 bits per heavy atom. The van der Waals surface area contributed by atoms with Gasteiger partial charge in [-0.15, -0.1) is 24.0 Å². The maximum atomic E-state index is 5.93. The molecule has 7 heteroatoms. The summed E-state index contributed by atoms with van der Waals surface area (Å²) in [4.78, 5) is 4.39. The highest BCUT2D eigenvalue weighted by atomic mass is 127. The Labute approximate surface area is 175 Å². The molecular weight excluding hydrogens is 445 g/mol. The van der Waals surface area contributed by atoms with Crippen LogP contribution in [-0.2, 0) is 14.2 Å². The second kappa shape index (κ2) is 11.0. The van der Waals surface area contributed by atoms with Crippen molar-refractivity contribution in [2.45, 2.75) is 70.1 Å².